The Hall–Kier alpha value is -2.37. The normalized spacial score (nSPS) is 25.2. The fraction of sp³-hybridized carbons (Fsp3) is 0.435. The number of fused-ring (bicyclic) bond motifs is 2. The van der Waals surface area contributed by atoms with E-state index < -0.39 is 17.7 Å². The molecule has 0 radical (unpaired) electrons. The molecule has 5 heteroatoms. The van der Waals surface area contributed by atoms with Crippen molar-refractivity contribution >= 4 is 5.91 Å². The molecular formula is C23H28N2O3. The maximum absolute atomic E-state index is 12.7. The third kappa shape index (κ3) is 3.52. The highest BCUT2D eigenvalue weighted by Crippen LogP contribution is 2.39. The van der Waals surface area contributed by atoms with E-state index in [0.717, 1.165) is 30.4 Å². The van der Waals surface area contributed by atoms with Gasteiger partial charge in [-0.25, -0.2) is 0 Å². The van der Waals surface area contributed by atoms with Gasteiger partial charge in [0.2, 0.25) is 5.91 Å². The maximum atomic E-state index is 12.7. The van der Waals surface area contributed by atoms with Crippen LogP contribution in [0.2, 0.25) is 0 Å². The van der Waals surface area contributed by atoms with E-state index in [1.54, 1.807) is 0 Å². The predicted molar refractivity (Wildman–Crippen MR) is 108 cm³/mol. The summed E-state index contributed by atoms with van der Waals surface area (Å²) in [6, 6.07) is 13.5. The zero-order valence-corrected chi connectivity index (χ0v) is 16.4. The number of aliphatic hydroxyl groups is 1. The van der Waals surface area contributed by atoms with Crippen molar-refractivity contribution in [1.29, 1.82) is 0 Å². The van der Waals surface area contributed by atoms with Gasteiger partial charge in [0.05, 0.1) is 18.5 Å². The second-order valence-electron chi connectivity index (χ2n) is 8.44. The van der Waals surface area contributed by atoms with Crippen molar-refractivity contribution in [2.45, 2.75) is 63.3 Å². The molecule has 4 N–H and O–H groups in total. The summed E-state index contributed by atoms with van der Waals surface area (Å²) in [5, 5.41) is 13.6. The lowest BCUT2D eigenvalue weighted by atomic mass is 9.86. The molecular weight excluding hydrogens is 352 g/mol. The van der Waals surface area contributed by atoms with Crippen molar-refractivity contribution in [3.8, 4) is 5.75 Å². The summed E-state index contributed by atoms with van der Waals surface area (Å²) >= 11 is 0. The van der Waals surface area contributed by atoms with Crippen LogP contribution >= 0.6 is 0 Å². The van der Waals surface area contributed by atoms with Crippen LogP contribution in [0.15, 0.2) is 42.5 Å². The summed E-state index contributed by atoms with van der Waals surface area (Å²) in [6.07, 6.45) is 2.60. The zero-order chi connectivity index (χ0) is 19.9. The summed E-state index contributed by atoms with van der Waals surface area (Å²) in [7, 11) is 0. The average molecular weight is 380 g/mol. The minimum atomic E-state index is -0.803. The Kier molecular flexibility index (Phi) is 4.89. The minimum absolute atomic E-state index is 0.00664. The molecule has 0 bridgehead atoms. The van der Waals surface area contributed by atoms with Crippen LogP contribution in [0, 0.1) is 0 Å². The van der Waals surface area contributed by atoms with Gasteiger partial charge in [0.1, 0.15) is 17.5 Å². The smallest absolute Gasteiger partial charge is 0.224 e. The number of benzene rings is 2. The van der Waals surface area contributed by atoms with Gasteiger partial charge in [-0.15, -0.1) is 0 Å². The fourth-order valence-electron chi connectivity index (χ4n) is 4.34. The van der Waals surface area contributed by atoms with Gasteiger partial charge in [-0.3, -0.25) is 4.79 Å². The van der Waals surface area contributed by atoms with Crippen molar-refractivity contribution in [2.24, 2.45) is 5.73 Å². The molecule has 5 nitrogen and oxygen atoms in total. The van der Waals surface area contributed by atoms with E-state index in [1.807, 2.05) is 38.1 Å². The minimum Gasteiger partial charge on any atom is -0.485 e. The molecule has 1 amide bonds. The van der Waals surface area contributed by atoms with Crippen LogP contribution in [-0.2, 0) is 17.6 Å². The van der Waals surface area contributed by atoms with Gasteiger partial charge in [0, 0.05) is 5.56 Å². The van der Waals surface area contributed by atoms with E-state index in [0.29, 0.717) is 5.75 Å². The first-order valence-corrected chi connectivity index (χ1v) is 9.98. The Morgan fingerprint density at radius 2 is 2.04 bits per heavy atom. The van der Waals surface area contributed by atoms with E-state index in [2.05, 4.69) is 23.5 Å². The molecule has 0 saturated heterocycles. The number of amides is 1. The molecule has 28 heavy (non-hydrogen) atoms. The number of aryl methyl sites for hydroxylation is 1. The fourth-order valence-corrected chi connectivity index (χ4v) is 4.34. The number of carbonyl (C=O) groups is 1. The Balaban J connectivity index is 1.48. The molecule has 1 aliphatic carbocycles. The van der Waals surface area contributed by atoms with Crippen LogP contribution in [0.4, 0.5) is 0 Å². The van der Waals surface area contributed by atoms with Crippen molar-refractivity contribution < 1.29 is 14.6 Å². The molecule has 2 aromatic rings. The van der Waals surface area contributed by atoms with Crippen LogP contribution in [0.5, 0.6) is 5.75 Å². The molecule has 2 aromatic carbocycles. The Morgan fingerprint density at radius 3 is 2.86 bits per heavy atom. The molecule has 1 aliphatic heterocycles. The van der Waals surface area contributed by atoms with E-state index in [1.165, 1.54) is 11.1 Å². The SMILES string of the molecule is CC1(C)Oc2ccc(CC(=O)NC3CCCc4ccccc43)cc2C(N)C1O. The van der Waals surface area contributed by atoms with Gasteiger partial charge >= 0.3 is 0 Å². The topological polar surface area (TPSA) is 84.6 Å². The van der Waals surface area contributed by atoms with Crippen molar-refractivity contribution in [3.63, 3.8) is 0 Å². The quantitative estimate of drug-likeness (QED) is 0.764. The summed E-state index contributed by atoms with van der Waals surface area (Å²) in [5.41, 5.74) is 9.67. The Morgan fingerprint density at radius 1 is 1.25 bits per heavy atom. The molecule has 3 unspecified atom stereocenters. The summed E-state index contributed by atoms with van der Waals surface area (Å²) in [4.78, 5) is 12.7. The summed E-state index contributed by atoms with van der Waals surface area (Å²) in [5.74, 6) is 0.668. The van der Waals surface area contributed by atoms with E-state index in [4.69, 9.17) is 10.5 Å². The molecule has 1 heterocycles. The number of hydrogen-bond donors (Lipinski definition) is 3. The van der Waals surface area contributed by atoms with Crippen LogP contribution in [0.1, 0.15) is 61.0 Å². The second-order valence-corrected chi connectivity index (χ2v) is 8.44. The van der Waals surface area contributed by atoms with Gasteiger partial charge in [0.15, 0.2) is 0 Å². The van der Waals surface area contributed by atoms with Crippen molar-refractivity contribution in [2.75, 3.05) is 0 Å². The van der Waals surface area contributed by atoms with E-state index in [9.17, 15) is 9.90 Å². The monoisotopic (exact) mass is 380 g/mol. The van der Waals surface area contributed by atoms with Crippen LogP contribution in [-0.4, -0.2) is 22.7 Å². The van der Waals surface area contributed by atoms with Crippen molar-refractivity contribution in [3.05, 3.63) is 64.7 Å². The van der Waals surface area contributed by atoms with Gasteiger partial charge < -0.3 is 20.9 Å². The highest BCUT2D eigenvalue weighted by Gasteiger charge is 2.41. The molecule has 2 aliphatic rings. The number of hydrogen-bond acceptors (Lipinski definition) is 4. The molecule has 0 spiro atoms. The third-order valence-corrected chi connectivity index (χ3v) is 5.93. The number of aliphatic hydroxyl groups excluding tert-OH is 1. The number of ether oxygens (including phenoxy) is 1. The van der Waals surface area contributed by atoms with Crippen molar-refractivity contribution in [1.82, 2.24) is 5.32 Å². The van der Waals surface area contributed by atoms with Crippen LogP contribution < -0.4 is 15.8 Å². The highest BCUT2D eigenvalue weighted by molar-refractivity contribution is 5.79. The Labute approximate surface area is 165 Å². The van der Waals surface area contributed by atoms with Gasteiger partial charge in [-0.05, 0) is 61.9 Å². The third-order valence-electron chi connectivity index (χ3n) is 5.93. The number of carbonyl (C=O) groups excluding carboxylic acids is 1. The molecule has 0 fully saturated rings. The predicted octanol–water partition coefficient (Wildman–Crippen LogP) is 2.95. The largest absolute Gasteiger partial charge is 0.485 e. The summed E-state index contributed by atoms with van der Waals surface area (Å²) < 4.78 is 5.89. The zero-order valence-electron chi connectivity index (χ0n) is 16.4. The van der Waals surface area contributed by atoms with E-state index in [-0.39, 0.29) is 18.4 Å². The first kappa shape index (κ1) is 19.0. The lowest BCUT2D eigenvalue weighted by Crippen LogP contribution is -2.51. The number of nitrogens with one attached hydrogen (secondary N) is 1. The second kappa shape index (κ2) is 7.22. The van der Waals surface area contributed by atoms with Crippen LogP contribution in [0.3, 0.4) is 0 Å². The summed E-state index contributed by atoms with van der Waals surface area (Å²) in [6.45, 7) is 3.65. The molecule has 4 rings (SSSR count). The van der Waals surface area contributed by atoms with E-state index >= 15 is 0 Å². The first-order valence-electron chi connectivity index (χ1n) is 9.98. The lowest BCUT2D eigenvalue weighted by Gasteiger charge is -2.40. The van der Waals surface area contributed by atoms with Gasteiger partial charge in [0.25, 0.3) is 0 Å². The molecule has 0 saturated carbocycles. The Bertz CT molecular complexity index is 893. The maximum Gasteiger partial charge on any atom is 0.224 e. The number of nitrogens with two attached hydrogens (primary N) is 1. The van der Waals surface area contributed by atoms with Gasteiger partial charge in [-0.1, -0.05) is 30.3 Å². The highest BCUT2D eigenvalue weighted by atomic mass is 16.5. The standard InChI is InChI=1S/C23H28N2O3/c1-23(2)22(27)21(24)17-12-14(10-11-19(17)28-23)13-20(26)25-18-9-5-7-15-6-3-4-8-16(15)18/h3-4,6,8,10-12,18,21-22,27H,5,7,9,13,24H2,1-2H3,(H,25,26). The molecule has 148 valence electrons. The van der Waals surface area contributed by atoms with Crippen LogP contribution in [0.25, 0.3) is 0 Å². The first-order chi connectivity index (χ1) is 13.3. The molecule has 3 atom stereocenters. The van der Waals surface area contributed by atoms with Gasteiger partial charge in [-0.2, -0.15) is 0 Å². The molecule has 0 aromatic heterocycles. The lowest BCUT2D eigenvalue weighted by molar-refractivity contribution is -0.121. The average Bonchev–Trinajstić information content (AvgIpc) is 2.67. The number of rotatable bonds is 3.